The summed E-state index contributed by atoms with van der Waals surface area (Å²) in [6, 6.07) is 0.933. The van der Waals surface area contributed by atoms with Crippen LogP contribution in [0.3, 0.4) is 0 Å². The first-order valence-electron chi connectivity index (χ1n) is 7.64. The van der Waals surface area contributed by atoms with Crippen molar-refractivity contribution in [1.29, 1.82) is 0 Å². The first kappa shape index (κ1) is 15.5. The lowest BCUT2D eigenvalue weighted by molar-refractivity contribution is -0.121. The van der Waals surface area contributed by atoms with Gasteiger partial charge in [-0.25, -0.2) is 0 Å². The van der Waals surface area contributed by atoms with E-state index >= 15 is 0 Å². The van der Waals surface area contributed by atoms with Crippen LogP contribution in [0, 0.1) is 5.92 Å². The predicted molar refractivity (Wildman–Crippen MR) is 76.6 cm³/mol. The third-order valence-corrected chi connectivity index (χ3v) is 4.06. The maximum Gasteiger partial charge on any atom is 0.221 e. The molecule has 0 radical (unpaired) electrons. The number of rotatable bonds is 6. The summed E-state index contributed by atoms with van der Waals surface area (Å²) in [5.41, 5.74) is 0. The predicted octanol–water partition coefficient (Wildman–Crippen LogP) is 2.85. The van der Waals surface area contributed by atoms with Crippen LogP contribution in [-0.4, -0.2) is 24.5 Å². The van der Waals surface area contributed by atoms with E-state index in [2.05, 4.69) is 31.4 Å². The Bertz CT molecular complexity index is 243. The standard InChI is InChI=1S/C15H30N2O/c1-4-13(3)17-15(18)10-11-16-14-7-5-6-12(2)8-9-14/h12-14,16H,4-11H2,1-3H3,(H,17,18). The van der Waals surface area contributed by atoms with Crippen LogP contribution >= 0.6 is 0 Å². The highest BCUT2D eigenvalue weighted by Crippen LogP contribution is 2.22. The topological polar surface area (TPSA) is 41.1 Å². The quantitative estimate of drug-likeness (QED) is 0.716. The largest absolute Gasteiger partial charge is 0.354 e. The van der Waals surface area contributed by atoms with Crippen LogP contribution in [0.5, 0.6) is 0 Å². The lowest BCUT2D eigenvalue weighted by Gasteiger charge is -2.17. The molecule has 106 valence electrons. The normalized spacial score (nSPS) is 26.4. The molecule has 1 rings (SSSR count). The molecule has 1 amide bonds. The molecule has 1 aliphatic rings. The van der Waals surface area contributed by atoms with E-state index < -0.39 is 0 Å². The van der Waals surface area contributed by atoms with Crippen molar-refractivity contribution >= 4 is 5.91 Å². The van der Waals surface area contributed by atoms with Crippen LogP contribution in [0.25, 0.3) is 0 Å². The van der Waals surface area contributed by atoms with Gasteiger partial charge < -0.3 is 10.6 Å². The van der Waals surface area contributed by atoms with Crippen molar-refractivity contribution in [3.63, 3.8) is 0 Å². The number of amides is 1. The molecule has 1 saturated carbocycles. The molecule has 0 bridgehead atoms. The Morgan fingerprint density at radius 3 is 2.78 bits per heavy atom. The van der Waals surface area contributed by atoms with Gasteiger partial charge in [0.25, 0.3) is 0 Å². The summed E-state index contributed by atoms with van der Waals surface area (Å²) in [5, 5.41) is 6.55. The van der Waals surface area contributed by atoms with Gasteiger partial charge in [-0.2, -0.15) is 0 Å². The molecule has 0 aromatic heterocycles. The summed E-state index contributed by atoms with van der Waals surface area (Å²) in [7, 11) is 0. The second kappa shape index (κ2) is 8.52. The van der Waals surface area contributed by atoms with Gasteiger partial charge in [0, 0.05) is 25.0 Å². The summed E-state index contributed by atoms with van der Waals surface area (Å²) < 4.78 is 0. The van der Waals surface area contributed by atoms with Crippen molar-refractivity contribution in [2.45, 2.75) is 77.8 Å². The summed E-state index contributed by atoms with van der Waals surface area (Å²) in [6.45, 7) is 7.32. The highest BCUT2D eigenvalue weighted by atomic mass is 16.1. The molecule has 1 aliphatic carbocycles. The van der Waals surface area contributed by atoms with Gasteiger partial charge in [-0.3, -0.25) is 4.79 Å². The molecule has 0 aromatic rings. The van der Waals surface area contributed by atoms with E-state index in [9.17, 15) is 4.79 Å². The zero-order valence-electron chi connectivity index (χ0n) is 12.3. The molecule has 18 heavy (non-hydrogen) atoms. The fourth-order valence-corrected chi connectivity index (χ4v) is 2.53. The molecule has 0 aliphatic heterocycles. The summed E-state index contributed by atoms with van der Waals surface area (Å²) in [5.74, 6) is 1.06. The first-order chi connectivity index (χ1) is 8.61. The van der Waals surface area contributed by atoms with Gasteiger partial charge in [0.2, 0.25) is 5.91 Å². The molecular weight excluding hydrogens is 224 g/mol. The fourth-order valence-electron chi connectivity index (χ4n) is 2.53. The number of hydrogen-bond donors (Lipinski definition) is 2. The molecule has 0 saturated heterocycles. The molecular formula is C15H30N2O. The van der Waals surface area contributed by atoms with E-state index in [1.54, 1.807) is 0 Å². The third-order valence-electron chi connectivity index (χ3n) is 4.06. The molecule has 3 unspecified atom stereocenters. The van der Waals surface area contributed by atoms with E-state index in [-0.39, 0.29) is 5.91 Å². The third kappa shape index (κ3) is 6.39. The van der Waals surface area contributed by atoms with Crippen molar-refractivity contribution in [1.82, 2.24) is 10.6 Å². The van der Waals surface area contributed by atoms with E-state index in [0.717, 1.165) is 18.9 Å². The Morgan fingerprint density at radius 1 is 1.28 bits per heavy atom. The summed E-state index contributed by atoms with van der Waals surface area (Å²) >= 11 is 0. The first-order valence-corrected chi connectivity index (χ1v) is 7.64. The van der Waals surface area contributed by atoms with E-state index in [1.807, 2.05) is 0 Å². The van der Waals surface area contributed by atoms with Gasteiger partial charge in [-0.1, -0.05) is 26.7 Å². The van der Waals surface area contributed by atoms with Gasteiger partial charge in [-0.15, -0.1) is 0 Å². The average Bonchev–Trinajstić information content (AvgIpc) is 2.54. The lowest BCUT2D eigenvalue weighted by atomic mass is 10.0. The molecule has 1 fully saturated rings. The molecule has 0 aromatic carbocycles. The molecule has 3 nitrogen and oxygen atoms in total. The molecule has 2 N–H and O–H groups in total. The van der Waals surface area contributed by atoms with E-state index in [1.165, 1.54) is 32.1 Å². The van der Waals surface area contributed by atoms with Crippen LogP contribution < -0.4 is 10.6 Å². The fraction of sp³-hybridized carbons (Fsp3) is 0.933. The highest BCUT2D eigenvalue weighted by Gasteiger charge is 2.15. The Labute approximate surface area is 112 Å². The van der Waals surface area contributed by atoms with Crippen LogP contribution in [0.4, 0.5) is 0 Å². The Morgan fingerprint density at radius 2 is 2.06 bits per heavy atom. The Kier molecular flexibility index (Phi) is 7.33. The number of carbonyl (C=O) groups is 1. The second-order valence-electron chi connectivity index (χ2n) is 5.89. The minimum absolute atomic E-state index is 0.179. The molecule has 3 heteroatoms. The van der Waals surface area contributed by atoms with Crippen LogP contribution in [0.15, 0.2) is 0 Å². The number of carbonyl (C=O) groups excluding carboxylic acids is 1. The van der Waals surface area contributed by atoms with Gasteiger partial charge in [0.15, 0.2) is 0 Å². The number of hydrogen-bond acceptors (Lipinski definition) is 2. The van der Waals surface area contributed by atoms with Crippen molar-refractivity contribution in [2.75, 3.05) is 6.54 Å². The van der Waals surface area contributed by atoms with Crippen molar-refractivity contribution < 1.29 is 4.79 Å². The highest BCUT2D eigenvalue weighted by molar-refractivity contribution is 5.76. The summed E-state index contributed by atoms with van der Waals surface area (Å²) in [6.07, 6.45) is 8.18. The smallest absolute Gasteiger partial charge is 0.221 e. The van der Waals surface area contributed by atoms with Crippen LogP contribution in [0.2, 0.25) is 0 Å². The minimum atomic E-state index is 0.179. The van der Waals surface area contributed by atoms with Crippen molar-refractivity contribution in [3.05, 3.63) is 0 Å². The maximum absolute atomic E-state index is 11.6. The van der Waals surface area contributed by atoms with Crippen molar-refractivity contribution in [3.8, 4) is 0 Å². The lowest BCUT2D eigenvalue weighted by Crippen LogP contribution is -2.36. The van der Waals surface area contributed by atoms with E-state index in [4.69, 9.17) is 0 Å². The van der Waals surface area contributed by atoms with Crippen LogP contribution in [0.1, 0.15) is 65.7 Å². The zero-order chi connectivity index (χ0) is 13.4. The average molecular weight is 254 g/mol. The van der Waals surface area contributed by atoms with E-state index in [0.29, 0.717) is 18.5 Å². The maximum atomic E-state index is 11.6. The molecule has 3 atom stereocenters. The Hall–Kier alpha value is -0.570. The van der Waals surface area contributed by atoms with Gasteiger partial charge >= 0.3 is 0 Å². The van der Waals surface area contributed by atoms with Crippen molar-refractivity contribution in [2.24, 2.45) is 5.92 Å². The van der Waals surface area contributed by atoms with Gasteiger partial charge in [0.05, 0.1) is 0 Å². The molecule has 0 spiro atoms. The second-order valence-corrected chi connectivity index (χ2v) is 5.89. The Balaban J connectivity index is 2.11. The monoisotopic (exact) mass is 254 g/mol. The van der Waals surface area contributed by atoms with Gasteiger partial charge in [0.1, 0.15) is 0 Å². The van der Waals surface area contributed by atoms with Crippen LogP contribution in [-0.2, 0) is 4.79 Å². The van der Waals surface area contributed by atoms with Gasteiger partial charge in [-0.05, 0) is 38.5 Å². The SMILES string of the molecule is CCC(C)NC(=O)CCNC1CCCC(C)CC1. The zero-order valence-corrected chi connectivity index (χ0v) is 12.3. The molecule has 0 heterocycles. The minimum Gasteiger partial charge on any atom is -0.354 e. The number of nitrogens with one attached hydrogen (secondary N) is 2. The summed E-state index contributed by atoms with van der Waals surface area (Å²) in [4.78, 5) is 11.6.